The fourth-order valence-electron chi connectivity index (χ4n) is 6.47. The summed E-state index contributed by atoms with van der Waals surface area (Å²) in [6, 6.07) is 21.1. The summed E-state index contributed by atoms with van der Waals surface area (Å²) in [4.78, 5) is 0. The van der Waals surface area contributed by atoms with Gasteiger partial charge in [-0.15, -0.1) is 0 Å². The van der Waals surface area contributed by atoms with Crippen molar-refractivity contribution >= 4 is 40.1 Å². The summed E-state index contributed by atoms with van der Waals surface area (Å²) < 4.78 is 163. The van der Waals surface area contributed by atoms with Gasteiger partial charge in [-0.05, 0) is 76.2 Å². The molecule has 0 bridgehead atoms. The van der Waals surface area contributed by atoms with Gasteiger partial charge in [0.15, 0.2) is 0 Å². The van der Waals surface area contributed by atoms with Crippen molar-refractivity contribution in [3.8, 4) is 24.3 Å². The molecule has 20 nitrogen and oxygen atoms in total. The van der Waals surface area contributed by atoms with Crippen LogP contribution in [0.3, 0.4) is 0 Å². The number of primary sulfonamides is 4. The topological polar surface area (TPSA) is 373 Å². The van der Waals surface area contributed by atoms with E-state index in [2.05, 4.69) is 0 Å². The first-order valence-corrected chi connectivity index (χ1v) is 26.6. The minimum Gasteiger partial charge on any atom is -0.375 e. The Labute approximate surface area is 416 Å². The lowest BCUT2D eigenvalue weighted by Gasteiger charge is -2.22. The number of nitrogens with zero attached hydrogens (tertiary/aromatic N) is 4. The van der Waals surface area contributed by atoms with Crippen LogP contribution in [0, 0.1) is 68.6 Å². The van der Waals surface area contributed by atoms with Crippen LogP contribution in [0.15, 0.2) is 72.8 Å². The maximum absolute atomic E-state index is 13.0. The van der Waals surface area contributed by atoms with E-state index in [-0.39, 0.29) is 22.3 Å². The van der Waals surface area contributed by atoms with E-state index in [1.807, 2.05) is 0 Å². The van der Waals surface area contributed by atoms with Crippen molar-refractivity contribution in [1.82, 2.24) is 0 Å². The molecule has 0 aliphatic rings. The van der Waals surface area contributed by atoms with Crippen LogP contribution in [0.5, 0.6) is 0 Å². The first-order chi connectivity index (χ1) is 33.2. The van der Waals surface area contributed by atoms with Crippen LogP contribution >= 0.6 is 0 Å². The smallest absolute Gasteiger partial charge is 0.214 e. The normalized spacial score (nSPS) is 14.8. The molecule has 0 radical (unpaired) electrons. The summed E-state index contributed by atoms with van der Waals surface area (Å²) in [5.41, 5.74) is 1.28. The Morgan fingerprint density at radius 3 is 0.639 bits per heavy atom. The molecule has 8 atom stereocenters. The summed E-state index contributed by atoms with van der Waals surface area (Å²) in [5, 5.41) is 51.7. The van der Waals surface area contributed by atoms with Gasteiger partial charge in [-0.2, -0.15) is 21.0 Å². The number of ether oxygens (including phenoxy) is 4. The monoisotopic (exact) mass is 1090 g/mol. The van der Waals surface area contributed by atoms with Gasteiger partial charge >= 0.3 is 0 Å². The summed E-state index contributed by atoms with van der Waals surface area (Å²) in [5.74, 6) is -2.30. The predicted octanol–water partition coefficient (Wildman–Crippen LogP) is 4.25. The third kappa shape index (κ3) is 18.3. The lowest BCUT2D eigenvalue weighted by Crippen LogP contribution is -2.32. The van der Waals surface area contributed by atoms with Gasteiger partial charge in [0.2, 0.25) is 40.1 Å². The standard InChI is InChI=1S/4C11H13FN2O3S/c4*1-7(18(14,15)16)11(17-2)10-4-3-9(12)5-8(10)6-13/h4*3-5,7,11H,1-2H3,(H2,14,15,16)/t2*7-,11+;2*7-,11-/m1010/s1. The zero-order valence-electron chi connectivity index (χ0n) is 39.7. The number of nitriles is 4. The van der Waals surface area contributed by atoms with E-state index in [1.54, 1.807) is 24.3 Å². The van der Waals surface area contributed by atoms with Gasteiger partial charge in [-0.1, -0.05) is 24.3 Å². The Morgan fingerprint density at radius 2 is 0.528 bits per heavy atom. The highest BCUT2D eigenvalue weighted by atomic mass is 32.2. The Hall–Kier alpha value is -5.96. The van der Waals surface area contributed by atoms with Crippen molar-refractivity contribution in [3.05, 3.63) is 141 Å². The largest absolute Gasteiger partial charge is 0.375 e. The van der Waals surface area contributed by atoms with Gasteiger partial charge in [0.05, 0.1) is 46.5 Å². The number of rotatable bonds is 16. The zero-order chi connectivity index (χ0) is 55.7. The first-order valence-electron chi connectivity index (χ1n) is 20.2. The molecule has 0 amide bonds. The maximum Gasteiger partial charge on any atom is 0.214 e. The summed E-state index contributed by atoms with van der Waals surface area (Å²) >= 11 is 0. The Morgan fingerprint density at radius 1 is 0.375 bits per heavy atom. The molecule has 0 saturated carbocycles. The first kappa shape index (κ1) is 64.1. The molecule has 392 valence electrons. The molecule has 0 spiro atoms. The molecule has 0 heterocycles. The van der Waals surface area contributed by atoms with Crippen LogP contribution in [0.25, 0.3) is 0 Å². The van der Waals surface area contributed by atoms with Crippen LogP contribution in [0.4, 0.5) is 17.6 Å². The molecule has 0 unspecified atom stereocenters. The molecule has 4 aromatic carbocycles. The molecule has 8 N–H and O–H groups in total. The van der Waals surface area contributed by atoms with Gasteiger partial charge in [-0.3, -0.25) is 0 Å². The van der Waals surface area contributed by atoms with Crippen molar-refractivity contribution in [1.29, 1.82) is 21.0 Å². The molecule has 0 aliphatic heterocycles. The van der Waals surface area contributed by atoms with E-state index < -0.39 is 109 Å². The fourth-order valence-corrected chi connectivity index (χ4v) is 8.88. The van der Waals surface area contributed by atoms with Crippen LogP contribution in [-0.4, -0.2) is 83.1 Å². The van der Waals surface area contributed by atoms with Crippen LogP contribution in [0.2, 0.25) is 0 Å². The number of halogens is 4. The van der Waals surface area contributed by atoms with E-state index in [4.69, 9.17) is 60.6 Å². The van der Waals surface area contributed by atoms with Crippen molar-refractivity contribution in [2.45, 2.75) is 73.1 Å². The van der Waals surface area contributed by atoms with E-state index in [9.17, 15) is 51.2 Å². The molecule has 0 saturated heterocycles. The highest BCUT2D eigenvalue weighted by molar-refractivity contribution is 7.90. The number of benzene rings is 4. The van der Waals surface area contributed by atoms with E-state index in [0.717, 1.165) is 48.5 Å². The minimum absolute atomic E-state index is 0.0253. The molecule has 0 aromatic heterocycles. The quantitative estimate of drug-likeness (QED) is 0.114. The minimum atomic E-state index is -3.83. The van der Waals surface area contributed by atoms with Gasteiger partial charge in [0.25, 0.3) is 0 Å². The van der Waals surface area contributed by atoms with Crippen molar-refractivity contribution in [2.75, 3.05) is 28.4 Å². The van der Waals surface area contributed by atoms with Gasteiger partial charge < -0.3 is 18.9 Å². The molecule has 72 heavy (non-hydrogen) atoms. The third-order valence-corrected chi connectivity index (χ3v) is 15.7. The van der Waals surface area contributed by atoms with Crippen LogP contribution < -0.4 is 20.6 Å². The van der Waals surface area contributed by atoms with Crippen LogP contribution in [0.1, 0.15) is 96.6 Å². The van der Waals surface area contributed by atoms with Crippen molar-refractivity contribution in [3.63, 3.8) is 0 Å². The summed E-state index contributed by atoms with van der Waals surface area (Å²) in [6.45, 7) is 5.48. The van der Waals surface area contributed by atoms with Crippen LogP contribution in [-0.2, 0) is 59.0 Å². The highest BCUT2D eigenvalue weighted by Crippen LogP contribution is 2.31. The van der Waals surface area contributed by atoms with E-state index in [0.29, 0.717) is 22.3 Å². The SMILES string of the molecule is CO[C@@H](c1ccc(F)cc1C#N)[C@@H](C)S(N)(=O)=O.CO[C@@H](c1ccc(F)cc1C#N)[C@H](C)S(N)(=O)=O.CO[C@H](c1ccc(F)cc1C#N)[C@@H](C)S(N)(=O)=O.CO[C@H](c1ccc(F)cc1C#N)[C@H](C)S(N)(=O)=O. The number of methoxy groups -OCH3 is 4. The number of nitrogens with two attached hydrogens (primary N) is 4. The van der Waals surface area contributed by atoms with Gasteiger partial charge in [0, 0.05) is 50.7 Å². The Balaban J connectivity index is 0.000000480. The second-order valence-corrected chi connectivity index (χ2v) is 22.9. The third-order valence-electron chi connectivity index (χ3n) is 10.6. The zero-order valence-corrected chi connectivity index (χ0v) is 43.0. The number of hydrogen-bond acceptors (Lipinski definition) is 16. The molecule has 0 aliphatic carbocycles. The molecule has 28 heteroatoms. The fraction of sp³-hybridized carbons (Fsp3) is 0.364. The molecular formula is C44H52F4N8O12S4. The Bertz CT molecular complexity index is 2740. The van der Waals surface area contributed by atoms with E-state index in [1.165, 1.54) is 80.4 Å². The number of hydrogen-bond donors (Lipinski definition) is 4. The average molecular weight is 1090 g/mol. The Kier molecular flexibility index (Phi) is 24.7. The molecule has 4 aromatic rings. The number of sulfonamides is 4. The van der Waals surface area contributed by atoms with Gasteiger partial charge in [0.1, 0.15) is 68.7 Å². The highest BCUT2D eigenvalue weighted by Gasteiger charge is 2.33. The van der Waals surface area contributed by atoms with E-state index >= 15 is 0 Å². The predicted molar refractivity (Wildman–Crippen MR) is 254 cm³/mol. The van der Waals surface area contributed by atoms with Crippen molar-refractivity contribution in [2.24, 2.45) is 20.6 Å². The molecular weight excluding hydrogens is 1040 g/mol. The molecule has 4 rings (SSSR count). The lowest BCUT2D eigenvalue weighted by molar-refractivity contribution is 0.102. The summed E-state index contributed by atoms with van der Waals surface area (Å²) in [7, 11) is -10.1. The van der Waals surface area contributed by atoms with Gasteiger partial charge in [-0.25, -0.2) is 71.8 Å². The van der Waals surface area contributed by atoms with Crippen molar-refractivity contribution < 1.29 is 70.2 Å². The second-order valence-electron chi connectivity index (χ2n) is 15.2. The molecule has 0 fully saturated rings. The summed E-state index contributed by atoms with van der Waals surface area (Å²) in [6.07, 6.45) is -3.68. The average Bonchev–Trinajstić information content (AvgIpc) is 3.30. The maximum atomic E-state index is 13.0. The second kappa shape index (κ2) is 27.8. The lowest BCUT2D eigenvalue weighted by atomic mass is 10.0.